The van der Waals surface area contributed by atoms with Gasteiger partial charge in [-0.05, 0) is 33.1 Å². The van der Waals surface area contributed by atoms with Crippen LogP contribution in [0.4, 0.5) is 0 Å². The molecule has 3 aliphatic rings. The second-order valence-electron chi connectivity index (χ2n) is 14.0. The number of ether oxygens (including phenoxy) is 4. The van der Waals surface area contributed by atoms with Crippen LogP contribution in [0.5, 0.6) is 0 Å². The van der Waals surface area contributed by atoms with Gasteiger partial charge in [0.1, 0.15) is 18.0 Å². The zero-order valence-electron chi connectivity index (χ0n) is 30.8. The molecular weight excluding hydrogens is 678 g/mol. The second kappa shape index (κ2) is 23.1. The van der Waals surface area contributed by atoms with Crippen LogP contribution in [0.3, 0.4) is 0 Å². The zero-order chi connectivity index (χ0) is 38.8. The van der Waals surface area contributed by atoms with Crippen molar-refractivity contribution < 1.29 is 64.0 Å². The average Bonchev–Trinajstić information content (AvgIpc) is 3.05. The number of allylic oxidation sites excluding steroid dienone is 6. The number of aliphatic hydroxyl groups excluding tert-OH is 5. The van der Waals surface area contributed by atoms with E-state index < -0.39 is 84.8 Å². The zero-order valence-corrected chi connectivity index (χ0v) is 30.8. The van der Waals surface area contributed by atoms with Crippen molar-refractivity contribution in [2.24, 2.45) is 17.6 Å². The van der Waals surface area contributed by atoms with E-state index in [0.29, 0.717) is 12.8 Å². The highest BCUT2D eigenvalue weighted by Crippen LogP contribution is 2.37. The lowest BCUT2D eigenvalue weighted by molar-refractivity contribution is -0.307. The van der Waals surface area contributed by atoms with Gasteiger partial charge in [-0.1, -0.05) is 62.5 Å². The van der Waals surface area contributed by atoms with Gasteiger partial charge in [-0.3, -0.25) is 14.4 Å². The summed E-state index contributed by atoms with van der Waals surface area (Å²) in [6, 6.07) is 0. The summed E-state index contributed by atoms with van der Waals surface area (Å²) in [4.78, 5) is 34.0. The first-order valence-corrected chi connectivity index (χ1v) is 18.3. The Morgan fingerprint density at radius 3 is 2.25 bits per heavy atom. The van der Waals surface area contributed by atoms with Crippen LogP contribution in [0.15, 0.2) is 48.6 Å². The molecule has 0 aromatic heterocycles. The molecule has 0 saturated carbocycles. The highest BCUT2D eigenvalue weighted by atomic mass is 16.7. The Hall–Kier alpha value is -2.79. The van der Waals surface area contributed by atoms with E-state index in [1.54, 1.807) is 52.0 Å². The third-order valence-electron chi connectivity index (χ3n) is 9.55. The Labute approximate surface area is 307 Å². The molecule has 0 aromatic carbocycles. The fourth-order valence-corrected chi connectivity index (χ4v) is 6.44. The summed E-state index contributed by atoms with van der Waals surface area (Å²) in [7, 11) is 0. The van der Waals surface area contributed by atoms with Gasteiger partial charge in [0.15, 0.2) is 12.1 Å². The molecule has 11 unspecified atom stereocenters. The van der Waals surface area contributed by atoms with Gasteiger partial charge in [0, 0.05) is 50.9 Å². The number of amides is 1. The van der Waals surface area contributed by atoms with Crippen LogP contribution in [0.2, 0.25) is 0 Å². The molecule has 14 nitrogen and oxygen atoms in total. The second-order valence-corrected chi connectivity index (χ2v) is 14.0. The molecular formula is C38H61NO13. The number of primary amides is 1. The molecule has 0 spiro atoms. The Morgan fingerprint density at radius 2 is 1.58 bits per heavy atom. The fraction of sp³-hybridized carbons (Fsp3) is 0.711. The molecule has 13 atom stereocenters. The molecule has 0 radical (unpaired) electrons. The van der Waals surface area contributed by atoms with Crippen molar-refractivity contribution in [1.29, 1.82) is 0 Å². The van der Waals surface area contributed by atoms with Gasteiger partial charge < -0.3 is 55.3 Å². The lowest BCUT2D eigenvalue weighted by Gasteiger charge is -2.45. The predicted octanol–water partition coefficient (Wildman–Crippen LogP) is 2.02. The number of hydrogen-bond acceptors (Lipinski definition) is 13. The van der Waals surface area contributed by atoms with E-state index in [2.05, 4.69) is 5.73 Å². The summed E-state index contributed by atoms with van der Waals surface area (Å²) in [6.45, 7) is 7.01. The van der Waals surface area contributed by atoms with Crippen molar-refractivity contribution in [3.63, 3.8) is 0 Å². The fourth-order valence-electron chi connectivity index (χ4n) is 6.44. The largest absolute Gasteiger partial charge is 0.462 e. The minimum atomic E-state index is -1.85. The highest BCUT2D eigenvalue weighted by molar-refractivity contribution is 5.80. The van der Waals surface area contributed by atoms with E-state index in [1.165, 1.54) is 0 Å². The normalized spacial score (nSPS) is 41.7. The van der Waals surface area contributed by atoms with Gasteiger partial charge in [0.2, 0.25) is 6.41 Å². The molecule has 2 fully saturated rings. The van der Waals surface area contributed by atoms with Crippen LogP contribution in [-0.4, -0.2) is 116 Å². The molecule has 2 bridgehead atoms. The Kier molecular flexibility index (Phi) is 20.1. The molecule has 52 heavy (non-hydrogen) atoms. The van der Waals surface area contributed by atoms with Crippen molar-refractivity contribution in [2.75, 3.05) is 0 Å². The van der Waals surface area contributed by atoms with Crippen molar-refractivity contribution in [3.8, 4) is 0 Å². The topological polar surface area (TPSA) is 236 Å². The number of carbonyl (C=O) groups is 3. The highest BCUT2D eigenvalue weighted by Gasteiger charge is 2.46. The Balaban J connectivity index is 0.00000301. The first-order valence-electron chi connectivity index (χ1n) is 18.3. The number of ketones is 1. The third kappa shape index (κ3) is 15.7. The smallest absolute Gasteiger partial charge is 0.311 e. The number of cyclic esters (lactones) is 1. The first kappa shape index (κ1) is 45.4. The van der Waals surface area contributed by atoms with Gasteiger partial charge in [-0.2, -0.15) is 0 Å². The van der Waals surface area contributed by atoms with E-state index in [4.69, 9.17) is 23.7 Å². The van der Waals surface area contributed by atoms with E-state index in [9.17, 15) is 40.2 Å². The van der Waals surface area contributed by atoms with Gasteiger partial charge in [0.05, 0.1) is 48.6 Å². The van der Waals surface area contributed by atoms with Crippen LogP contribution in [0, 0.1) is 11.8 Å². The molecule has 2 saturated heterocycles. The van der Waals surface area contributed by atoms with Crippen LogP contribution >= 0.6 is 0 Å². The summed E-state index contributed by atoms with van der Waals surface area (Å²) in [5.74, 6) is -3.89. The lowest BCUT2D eigenvalue weighted by atomic mass is 9.84. The van der Waals surface area contributed by atoms with Gasteiger partial charge in [-0.15, -0.1) is 0 Å². The van der Waals surface area contributed by atoms with E-state index in [1.807, 2.05) is 24.3 Å². The minimum absolute atomic E-state index is 0.0699. The number of nitrogens with two attached hydrogens (primary N) is 1. The summed E-state index contributed by atoms with van der Waals surface area (Å²) in [5, 5.41) is 64.5. The number of esters is 1. The Bertz CT molecular complexity index is 1210. The van der Waals surface area contributed by atoms with E-state index in [-0.39, 0.29) is 63.6 Å². The van der Waals surface area contributed by atoms with Crippen LogP contribution in [-0.2, 0) is 33.3 Å². The quantitative estimate of drug-likeness (QED) is 0.162. The molecule has 1 amide bonds. The summed E-state index contributed by atoms with van der Waals surface area (Å²) in [5.41, 5.74) is 4.17. The molecule has 3 rings (SSSR count). The van der Waals surface area contributed by atoms with Gasteiger partial charge >= 0.3 is 5.97 Å². The number of Topliss-reactive ketones (excluding diaryl/α,β-unsaturated/α-hetero) is 1. The molecule has 0 aromatic rings. The van der Waals surface area contributed by atoms with Crippen molar-refractivity contribution in [1.82, 2.24) is 0 Å². The lowest BCUT2D eigenvalue weighted by Crippen LogP contribution is -2.53. The molecule has 3 heterocycles. The number of rotatable bonds is 3. The maximum atomic E-state index is 12.7. The number of fused-ring (bicyclic) bond motifs is 2. The van der Waals surface area contributed by atoms with Crippen molar-refractivity contribution in [2.45, 2.75) is 159 Å². The monoisotopic (exact) mass is 739 g/mol. The van der Waals surface area contributed by atoms with Crippen molar-refractivity contribution >= 4 is 18.2 Å². The number of carbonyl (C=O) groups excluding carboxylic acids is 3. The average molecular weight is 740 g/mol. The van der Waals surface area contributed by atoms with E-state index in [0.717, 1.165) is 0 Å². The predicted molar refractivity (Wildman–Crippen MR) is 191 cm³/mol. The maximum absolute atomic E-state index is 12.7. The molecule has 296 valence electrons. The number of aliphatic hydroxyl groups is 6. The standard InChI is InChI=1S/C37H58O12.CH3NO/c1-5-29-31(41)18-26(38)15-13-16-27(39)21-37(45)22-33(43)24(3)34(49-37)19-28(48-36-32(42)20-30(40)25(4)47-36)17-12-10-8-6-7-9-11-14-23(2)46-35(29)44;2-1-3/h6-12,17,23-25,27-34,36,39-43,45H,5,13-16,18-22H2,1-4H3;1H,(H2,2,3)/b7-6+,10-8+,11-9+,17-12+;/t23?,24?,25-,27?,28?,29?,30?,31?,32+,33?,34?,36?,37?;/m1./s1. The van der Waals surface area contributed by atoms with Gasteiger partial charge in [-0.25, -0.2) is 0 Å². The third-order valence-corrected chi connectivity index (χ3v) is 9.55. The molecule has 14 heteroatoms. The molecule has 0 aliphatic carbocycles. The first-order chi connectivity index (χ1) is 24.6. The van der Waals surface area contributed by atoms with Crippen LogP contribution in [0.1, 0.15) is 91.9 Å². The Morgan fingerprint density at radius 1 is 0.923 bits per heavy atom. The van der Waals surface area contributed by atoms with Crippen molar-refractivity contribution in [3.05, 3.63) is 48.6 Å². The SMILES string of the molecule is CCC1C(=O)OC(C)C/C=C/C=C/C=C/C=C/C(OC2O[C@H](C)C(O)C[C@@H]2O)CC2OC(O)(CC(O)CCCC(=O)CC1O)CC(O)C2C.NC=O. The van der Waals surface area contributed by atoms with Crippen LogP contribution < -0.4 is 5.73 Å². The number of hydrogen-bond donors (Lipinski definition) is 7. The van der Waals surface area contributed by atoms with Gasteiger partial charge in [0.25, 0.3) is 0 Å². The van der Waals surface area contributed by atoms with Crippen LogP contribution in [0.25, 0.3) is 0 Å². The van der Waals surface area contributed by atoms with E-state index >= 15 is 0 Å². The minimum Gasteiger partial charge on any atom is -0.462 e. The maximum Gasteiger partial charge on any atom is 0.311 e. The molecule has 3 aliphatic heterocycles. The molecule has 8 N–H and O–H groups in total. The summed E-state index contributed by atoms with van der Waals surface area (Å²) < 4.78 is 23.6. The summed E-state index contributed by atoms with van der Waals surface area (Å²) in [6.07, 6.45) is 7.23. The summed E-state index contributed by atoms with van der Waals surface area (Å²) >= 11 is 0.